The van der Waals surface area contributed by atoms with Crippen molar-refractivity contribution in [2.45, 2.75) is 182 Å². The minimum atomic E-state index is -1.87. The van der Waals surface area contributed by atoms with Crippen LogP contribution in [0, 0.1) is 22.7 Å². The van der Waals surface area contributed by atoms with Crippen molar-refractivity contribution in [3.05, 3.63) is 46.0 Å². The van der Waals surface area contributed by atoms with Gasteiger partial charge in [-0.25, -0.2) is 4.79 Å². The number of aliphatic hydroxyl groups is 11. The standard InChI is InChI=1S/C42H62O19/c1-17-35(60-39-34(53)31(50)36(25(15-44)59-39)61-38-32(51)29(48)28(47)24(14-43)58-38)30(49)33(52)37(56-17)57-20-8-10-40(2)19(12-20)5-6-22-21(40)9-11-41(3)27(23(45)13-42(22,41)54)18-4-7-26(46)55-16-18/h4,7,12,16-17,20-25,27-39,43-45,47-54H,5-6,8-11,13-15H2,1-3H3/t17-,20-,21-,22+,23-,24+,25+,27-,28+,29+,30-,31+,32+,33+,34+,35-,36+,37-,38-,39-,40-,41+,42-/m0/s1. The minimum Gasteiger partial charge on any atom is -0.431 e. The summed E-state index contributed by atoms with van der Waals surface area (Å²) in [4.78, 5) is 11.7. The Morgan fingerprint density at radius 1 is 0.705 bits per heavy atom. The molecule has 7 aliphatic rings. The van der Waals surface area contributed by atoms with Gasteiger partial charge < -0.3 is 89.0 Å². The lowest BCUT2D eigenvalue weighted by Gasteiger charge is -2.61. The van der Waals surface area contributed by atoms with Gasteiger partial charge >= 0.3 is 5.63 Å². The van der Waals surface area contributed by atoms with Crippen LogP contribution < -0.4 is 5.63 Å². The van der Waals surface area contributed by atoms with E-state index in [-0.39, 0.29) is 29.6 Å². The van der Waals surface area contributed by atoms with Crippen LogP contribution in [0.5, 0.6) is 0 Å². The Kier molecular flexibility index (Phi) is 12.8. The van der Waals surface area contributed by atoms with E-state index >= 15 is 0 Å². The van der Waals surface area contributed by atoms with Crippen molar-refractivity contribution < 1.29 is 89.0 Å². The van der Waals surface area contributed by atoms with Crippen LogP contribution in [0.1, 0.15) is 77.2 Å². The van der Waals surface area contributed by atoms with Gasteiger partial charge in [-0.3, -0.25) is 0 Å². The molecule has 0 amide bonds. The average Bonchev–Trinajstić information content (AvgIpc) is 3.45. The predicted molar refractivity (Wildman–Crippen MR) is 205 cm³/mol. The second-order valence-electron chi connectivity index (χ2n) is 18.9. The van der Waals surface area contributed by atoms with E-state index in [9.17, 15) is 61.0 Å². The van der Waals surface area contributed by atoms with E-state index < -0.39 is 134 Å². The number of ether oxygens (including phenoxy) is 6. The zero-order chi connectivity index (χ0) is 43.9. The van der Waals surface area contributed by atoms with Crippen molar-refractivity contribution in [3.63, 3.8) is 0 Å². The molecule has 0 unspecified atom stereocenters. The molecule has 4 heterocycles. The highest BCUT2D eigenvalue weighted by atomic mass is 16.8. The fourth-order valence-electron chi connectivity index (χ4n) is 12.3. The molecule has 0 spiro atoms. The molecule has 19 heteroatoms. The molecule has 19 nitrogen and oxygen atoms in total. The number of allylic oxidation sites excluding steroid dienone is 1. The van der Waals surface area contributed by atoms with Crippen LogP contribution in [0.3, 0.4) is 0 Å². The Bertz CT molecular complexity index is 1770. The van der Waals surface area contributed by atoms with Gasteiger partial charge in [-0.15, -0.1) is 0 Å². The Balaban J connectivity index is 0.895. The molecule has 0 radical (unpaired) electrons. The summed E-state index contributed by atoms with van der Waals surface area (Å²) in [6, 6.07) is 3.04. The van der Waals surface area contributed by atoms with Crippen molar-refractivity contribution in [1.29, 1.82) is 0 Å². The van der Waals surface area contributed by atoms with E-state index in [0.717, 1.165) is 12.8 Å². The second-order valence-corrected chi connectivity index (χ2v) is 18.9. The number of fused-ring (bicyclic) bond motifs is 5. The highest BCUT2D eigenvalue weighted by molar-refractivity contribution is 5.32. The summed E-state index contributed by atoms with van der Waals surface area (Å²) in [5.74, 6) is -0.317. The van der Waals surface area contributed by atoms with E-state index in [1.165, 1.54) is 17.9 Å². The van der Waals surface area contributed by atoms with Gasteiger partial charge in [-0.1, -0.05) is 25.5 Å². The van der Waals surface area contributed by atoms with Crippen LogP contribution in [0.15, 0.2) is 39.3 Å². The van der Waals surface area contributed by atoms with Crippen LogP contribution in [-0.4, -0.2) is 179 Å². The molecule has 8 rings (SSSR count). The first-order chi connectivity index (χ1) is 28.9. The maximum absolute atomic E-state index is 12.6. The van der Waals surface area contributed by atoms with E-state index in [4.69, 9.17) is 32.8 Å². The van der Waals surface area contributed by atoms with Gasteiger partial charge in [0.05, 0.1) is 43.4 Å². The molecule has 0 bridgehead atoms. The lowest BCUT2D eigenvalue weighted by atomic mass is 9.45. The maximum Gasteiger partial charge on any atom is 0.335 e. The molecule has 23 atom stereocenters. The summed E-state index contributed by atoms with van der Waals surface area (Å²) in [7, 11) is 0. The number of rotatable bonds is 9. The van der Waals surface area contributed by atoms with Gasteiger partial charge in [-0.05, 0) is 74.3 Å². The van der Waals surface area contributed by atoms with Crippen molar-refractivity contribution in [2.75, 3.05) is 13.2 Å². The molecule has 3 saturated heterocycles. The van der Waals surface area contributed by atoms with Crippen LogP contribution in [0.2, 0.25) is 0 Å². The van der Waals surface area contributed by atoms with Crippen LogP contribution in [0.4, 0.5) is 0 Å². The SMILES string of the molecule is C[C@@H]1O[C@@H](O[C@@H]2C=C3CC[C@@H]4[C@H](CC[C@]5(C)[C@@H](c6ccc(=O)oc6)[C@@H](O)C[C@]45O)[C@@]3(C)CC2)[C@H](O)[C@H](O)[C@H]1O[C@@H]1O[C@H](CO)[C@@H](O[C@@H]2O[C@H](CO)[C@@H](O)[C@@H](O)[C@H]2O)[C@H](O)[C@H]1O. The summed E-state index contributed by atoms with van der Waals surface area (Å²) >= 11 is 0. The summed E-state index contributed by atoms with van der Waals surface area (Å²) in [6.07, 6.45) is -16.8. The predicted octanol–water partition coefficient (Wildman–Crippen LogP) is -2.37. The van der Waals surface area contributed by atoms with Gasteiger partial charge in [-0.2, -0.15) is 0 Å². The first kappa shape index (κ1) is 45.6. The highest BCUT2D eigenvalue weighted by Crippen LogP contribution is 2.70. The summed E-state index contributed by atoms with van der Waals surface area (Å²) in [5.41, 5.74) is -0.597. The van der Waals surface area contributed by atoms with Crippen molar-refractivity contribution in [2.24, 2.45) is 22.7 Å². The van der Waals surface area contributed by atoms with E-state index in [1.54, 1.807) is 13.0 Å². The van der Waals surface area contributed by atoms with Gasteiger partial charge in [0.1, 0.15) is 67.1 Å². The molecule has 0 aromatic carbocycles. The first-order valence-electron chi connectivity index (χ1n) is 21.5. The number of aliphatic hydroxyl groups excluding tert-OH is 10. The van der Waals surface area contributed by atoms with Crippen LogP contribution >= 0.6 is 0 Å². The molecule has 1 aromatic rings. The van der Waals surface area contributed by atoms with E-state index in [1.807, 2.05) is 0 Å². The third-order valence-corrected chi connectivity index (χ3v) is 15.7. The molecule has 3 aliphatic heterocycles. The van der Waals surface area contributed by atoms with Gasteiger partial charge in [0, 0.05) is 23.8 Å². The summed E-state index contributed by atoms with van der Waals surface area (Å²) < 4.78 is 40.1. The van der Waals surface area contributed by atoms with Crippen LogP contribution in [-0.2, 0) is 28.4 Å². The number of hydrogen-bond acceptors (Lipinski definition) is 19. The molecule has 4 aliphatic carbocycles. The first-order valence-corrected chi connectivity index (χ1v) is 21.5. The molecule has 1 aromatic heterocycles. The van der Waals surface area contributed by atoms with Gasteiger partial charge in [0.25, 0.3) is 0 Å². The summed E-state index contributed by atoms with van der Waals surface area (Å²) in [5, 5.41) is 119. The smallest absolute Gasteiger partial charge is 0.335 e. The highest BCUT2D eigenvalue weighted by Gasteiger charge is 2.69. The lowest BCUT2D eigenvalue weighted by molar-refractivity contribution is -0.378. The fraction of sp³-hybridized carbons (Fsp3) is 0.833. The van der Waals surface area contributed by atoms with E-state index in [0.29, 0.717) is 31.2 Å². The third kappa shape index (κ3) is 7.57. The van der Waals surface area contributed by atoms with Crippen molar-refractivity contribution in [1.82, 2.24) is 0 Å². The van der Waals surface area contributed by atoms with Gasteiger partial charge in [0.15, 0.2) is 18.9 Å². The normalized spacial score (nSPS) is 52.5. The Morgan fingerprint density at radius 3 is 1.98 bits per heavy atom. The maximum atomic E-state index is 12.6. The Morgan fingerprint density at radius 2 is 1.33 bits per heavy atom. The quantitative estimate of drug-likeness (QED) is 0.116. The molecule has 6 fully saturated rings. The zero-order valence-corrected chi connectivity index (χ0v) is 34.4. The van der Waals surface area contributed by atoms with E-state index in [2.05, 4.69) is 19.9 Å². The molecule has 344 valence electrons. The molecule has 3 saturated carbocycles. The Labute approximate surface area is 352 Å². The lowest BCUT2D eigenvalue weighted by Crippen LogP contribution is -2.66. The zero-order valence-electron chi connectivity index (χ0n) is 34.4. The van der Waals surface area contributed by atoms with Crippen molar-refractivity contribution >= 4 is 0 Å². The fourth-order valence-corrected chi connectivity index (χ4v) is 12.3. The molecular formula is C42H62O19. The van der Waals surface area contributed by atoms with Crippen LogP contribution in [0.25, 0.3) is 0 Å². The number of hydrogen-bond donors (Lipinski definition) is 11. The molecule has 61 heavy (non-hydrogen) atoms. The Hall–Kier alpha value is -1.99. The minimum absolute atomic E-state index is 0.0704. The molecule has 11 N–H and O–H groups in total. The van der Waals surface area contributed by atoms with Gasteiger partial charge in [0.2, 0.25) is 0 Å². The topological polar surface area (TPSA) is 308 Å². The largest absolute Gasteiger partial charge is 0.431 e. The molecular weight excluding hydrogens is 808 g/mol. The summed E-state index contributed by atoms with van der Waals surface area (Å²) in [6.45, 7) is 4.32. The third-order valence-electron chi connectivity index (χ3n) is 15.7. The van der Waals surface area contributed by atoms with Crippen molar-refractivity contribution in [3.8, 4) is 0 Å². The monoisotopic (exact) mass is 870 g/mol. The average molecular weight is 871 g/mol. The second kappa shape index (κ2) is 17.1.